The van der Waals surface area contributed by atoms with E-state index in [1.165, 1.54) is 12.8 Å². The lowest BCUT2D eigenvalue weighted by Gasteiger charge is -2.33. The van der Waals surface area contributed by atoms with E-state index in [-0.39, 0.29) is 5.91 Å². The minimum atomic E-state index is -0.788. The molecule has 0 bridgehead atoms. The Balaban J connectivity index is 1.95. The molecule has 0 heterocycles. The van der Waals surface area contributed by atoms with Gasteiger partial charge in [0.25, 0.3) is 0 Å². The monoisotopic (exact) mass is 239 g/mol. The zero-order valence-corrected chi connectivity index (χ0v) is 10.8. The van der Waals surface area contributed by atoms with Gasteiger partial charge in [-0.2, -0.15) is 0 Å². The second-order valence-corrected chi connectivity index (χ2v) is 5.86. The zero-order valence-electron chi connectivity index (χ0n) is 10.8. The number of nitrogens with zero attached hydrogens (tertiary/aromatic N) is 1. The van der Waals surface area contributed by atoms with Crippen molar-refractivity contribution in [1.29, 1.82) is 0 Å². The Morgan fingerprint density at radius 1 is 1.35 bits per heavy atom. The molecule has 1 unspecified atom stereocenters. The number of carbonyl (C=O) groups is 1. The molecule has 0 aromatic carbocycles. The molecule has 0 saturated heterocycles. The van der Waals surface area contributed by atoms with Gasteiger partial charge in [-0.15, -0.1) is 0 Å². The fourth-order valence-electron chi connectivity index (χ4n) is 2.59. The Morgan fingerprint density at radius 2 is 2.00 bits per heavy atom. The van der Waals surface area contributed by atoms with Crippen molar-refractivity contribution in [1.82, 2.24) is 4.90 Å². The van der Waals surface area contributed by atoms with Crippen molar-refractivity contribution >= 4 is 5.91 Å². The van der Waals surface area contributed by atoms with E-state index in [1.807, 2.05) is 0 Å². The summed E-state index contributed by atoms with van der Waals surface area (Å²) in [4.78, 5) is 14.0. The summed E-state index contributed by atoms with van der Waals surface area (Å²) in [7, 11) is 0. The summed E-state index contributed by atoms with van der Waals surface area (Å²) >= 11 is 0. The van der Waals surface area contributed by atoms with Gasteiger partial charge in [0.15, 0.2) is 0 Å². The maximum absolute atomic E-state index is 11.6. The van der Waals surface area contributed by atoms with Crippen LogP contribution in [0, 0.1) is 11.8 Å². The van der Waals surface area contributed by atoms with Gasteiger partial charge in [0.1, 0.15) is 5.54 Å². The SMILES string of the molecule is CCCN(CC1CC1)CC(N)(C(N)=O)C1CC1. The van der Waals surface area contributed by atoms with Crippen molar-refractivity contribution in [2.24, 2.45) is 23.3 Å². The first-order valence-electron chi connectivity index (χ1n) is 6.87. The van der Waals surface area contributed by atoms with Crippen LogP contribution in [-0.2, 0) is 4.79 Å². The van der Waals surface area contributed by atoms with Crippen LogP contribution in [0.3, 0.4) is 0 Å². The number of rotatable bonds is 8. The fraction of sp³-hybridized carbons (Fsp3) is 0.923. The van der Waals surface area contributed by atoms with Crippen LogP contribution in [0.1, 0.15) is 39.0 Å². The number of nitrogens with two attached hydrogens (primary N) is 2. The molecule has 0 aliphatic heterocycles. The molecule has 98 valence electrons. The van der Waals surface area contributed by atoms with Crippen LogP contribution in [0.5, 0.6) is 0 Å². The average Bonchev–Trinajstić information content (AvgIpc) is 3.12. The smallest absolute Gasteiger partial charge is 0.239 e. The highest BCUT2D eigenvalue weighted by atomic mass is 16.1. The second kappa shape index (κ2) is 4.94. The molecule has 0 radical (unpaired) electrons. The molecule has 2 aliphatic carbocycles. The number of hydrogen-bond acceptors (Lipinski definition) is 3. The van der Waals surface area contributed by atoms with E-state index in [2.05, 4.69) is 11.8 Å². The zero-order chi connectivity index (χ0) is 12.5. The Labute approximate surface area is 104 Å². The summed E-state index contributed by atoms with van der Waals surface area (Å²) in [5, 5.41) is 0. The van der Waals surface area contributed by atoms with Gasteiger partial charge in [0, 0.05) is 13.1 Å². The second-order valence-electron chi connectivity index (χ2n) is 5.86. The normalized spacial score (nSPS) is 23.7. The van der Waals surface area contributed by atoms with Gasteiger partial charge in [-0.3, -0.25) is 4.79 Å². The van der Waals surface area contributed by atoms with Crippen LogP contribution in [0.4, 0.5) is 0 Å². The van der Waals surface area contributed by atoms with Gasteiger partial charge in [0.2, 0.25) is 5.91 Å². The largest absolute Gasteiger partial charge is 0.368 e. The fourth-order valence-corrected chi connectivity index (χ4v) is 2.59. The summed E-state index contributed by atoms with van der Waals surface area (Å²) in [6.45, 7) is 4.93. The highest BCUT2D eigenvalue weighted by Crippen LogP contribution is 2.39. The third kappa shape index (κ3) is 3.19. The first kappa shape index (κ1) is 12.8. The Morgan fingerprint density at radius 3 is 2.41 bits per heavy atom. The predicted molar refractivity (Wildman–Crippen MR) is 68.3 cm³/mol. The summed E-state index contributed by atoms with van der Waals surface area (Å²) in [5.41, 5.74) is 11.0. The van der Waals surface area contributed by atoms with E-state index in [1.54, 1.807) is 0 Å². The summed E-state index contributed by atoms with van der Waals surface area (Å²) in [5.74, 6) is 0.827. The Hall–Kier alpha value is -0.610. The van der Waals surface area contributed by atoms with E-state index in [4.69, 9.17) is 11.5 Å². The van der Waals surface area contributed by atoms with Gasteiger partial charge in [-0.25, -0.2) is 0 Å². The minimum absolute atomic E-state index is 0.318. The quantitative estimate of drug-likeness (QED) is 0.655. The molecule has 1 amide bonds. The van der Waals surface area contributed by atoms with Crippen LogP contribution < -0.4 is 11.5 Å². The summed E-state index contributed by atoms with van der Waals surface area (Å²) in [6.07, 6.45) is 5.88. The molecule has 2 fully saturated rings. The maximum Gasteiger partial charge on any atom is 0.239 e. The first-order valence-corrected chi connectivity index (χ1v) is 6.87. The van der Waals surface area contributed by atoms with Gasteiger partial charge >= 0.3 is 0 Å². The van der Waals surface area contributed by atoms with Crippen molar-refractivity contribution < 1.29 is 4.79 Å². The van der Waals surface area contributed by atoms with Gasteiger partial charge in [-0.1, -0.05) is 6.92 Å². The van der Waals surface area contributed by atoms with Crippen molar-refractivity contribution in [2.45, 2.75) is 44.6 Å². The summed E-state index contributed by atoms with van der Waals surface area (Å²) < 4.78 is 0. The van der Waals surface area contributed by atoms with E-state index < -0.39 is 5.54 Å². The molecule has 2 aliphatic rings. The molecule has 1 atom stereocenters. The third-order valence-electron chi connectivity index (χ3n) is 4.00. The molecule has 17 heavy (non-hydrogen) atoms. The number of hydrogen-bond donors (Lipinski definition) is 2. The van der Waals surface area contributed by atoms with Gasteiger partial charge < -0.3 is 16.4 Å². The Kier molecular flexibility index (Phi) is 3.73. The van der Waals surface area contributed by atoms with Crippen LogP contribution in [0.15, 0.2) is 0 Å². The standard InChI is InChI=1S/C13H25N3O/c1-2-7-16(8-10-3-4-10)9-13(15,12(14)17)11-5-6-11/h10-11H,2-9,15H2,1H3,(H2,14,17). The first-order chi connectivity index (χ1) is 8.06. The molecule has 4 N–H and O–H groups in total. The lowest BCUT2D eigenvalue weighted by atomic mass is 9.92. The topological polar surface area (TPSA) is 72.3 Å². The van der Waals surface area contributed by atoms with E-state index in [0.29, 0.717) is 12.5 Å². The molecule has 2 rings (SSSR count). The number of primary amides is 1. The minimum Gasteiger partial charge on any atom is -0.368 e. The molecule has 2 saturated carbocycles. The molecule has 0 spiro atoms. The highest BCUT2D eigenvalue weighted by molar-refractivity contribution is 5.85. The molecular formula is C13H25N3O. The van der Waals surface area contributed by atoms with E-state index >= 15 is 0 Å². The van der Waals surface area contributed by atoms with Gasteiger partial charge in [-0.05, 0) is 50.5 Å². The highest BCUT2D eigenvalue weighted by Gasteiger charge is 2.47. The van der Waals surface area contributed by atoms with Crippen molar-refractivity contribution in [3.63, 3.8) is 0 Å². The molecule has 4 heteroatoms. The van der Waals surface area contributed by atoms with Crippen LogP contribution >= 0.6 is 0 Å². The van der Waals surface area contributed by atoms with E-state index in [0.717, 1.165) is 38.3 Å². The summed E-state index contributed by atoms with van der Waals surface area (Å²) in [6, 6.07) is 0. The predicted octanol–water partition coefficient (Wildman–Crippen LogP) is 0.701. The molecule has 4 nitrogen and oxygen atoms in total. The lowest BCUT2D eigenvalue weighted by molar-refractivity contribution is -0.124. The third-order valence-corrected chi connectivity index (χ3v) is 4.00. The molecular weight excluding hydrogens is 214 g/mol. The van der Waals surface area contributed by atoms with Crippen LogP contribution in [0.25, 0.3) is 0 Å². The number of carbonyl (C=O) groups excluding carboxylic acids is 1. The van der Waals surface area contributed by atoms with Crippen molar-refractivity contribution in [2.75, 3.05) is 19.6 Å². The average molecular weight is 239 g/mol. The van der Waals surface area contributed by atoms with Crippen molar-refractivity contribution in [3.05, 3.63) is 0 Å². The molecule has 0 aromatic heterocycles. The lowest BCUT2D eigenvalue weighted by Crippen LogP contribution is -2.61. The van der Waals surface area contributed by atoms with Crippen LogP contribution in [0.2, 0.25) is 0 Å². The van der Waals surface area contributed by atoms with E-state index in [9.17, 15) is 4.79 Å². The van der Waals surface area contributed by atoms with Gasteiger partial charge in [0.05, 0.1) is 0 Å². The van der Waals surface area contributed by atoms with Crippen LogP contribution in [-0.4, -0.2) is 36.0 Å². The van der Waals surface area contributed by atoms with Crippen molar-refractivity contribution in [3.8, 4) is 0 Å². The Bertz CT molecular complexity index is 286. The molecule has 0 aromatic rings. The maximum atomic E-state index is 11.6. The number of amides is 1.